The highest BCUT2D eigenvalue weighted by Gasteiger charge is 2.03. The number of hydrogen-bond donors (Lipinski definition) is 0. The Balaban J connectivity index is 2.94. The first-order valence-electron chi connectivity index (χ1n) is 2.67. The van der Waals surface area contributed by atoms with Gasteiger partial charge in [-0.15, -0.1) is 11.8 Å². The number of thioether (sulfide) groups is 1. The van der Waals surface area contributed by atoms with Crippen LogP contribution in [0.4, 0.5) is 0 Å². The standard InChI is InChI=1S/C5H5BrS4/c1-2-8-5-3(6)4(7)9-10-5/h2H2,1H3. The first-order chi connectivity index (χ1) is 4.75. The van der Waals surface area contributed by atoms with Gasteiger partial charge in [0.15, 0.2) is 0 Å². The molecule has 1 aromatic heterocycles. The van der Waals surface area contributed by atoms with Gasteiger partial charge in [0.25, 0.3) is 0 Å². The second-order valence-corrected chi connectivity index (χ2v) is 6.63. The third-order valence-corrected chi connectivity index (χ3v) is 7.16. The van der Waals surface area contributed by atoms with E-state index in [-0.39, 0.29) is 0 Å². The van der Waals surface area contributed by atoms with E-state index >= 15 is 0 Å². The second-order valence-electron chi connectivity index (χ2n) is 1.49. The van der Waals surface area contributed by atoms with Crippen LogP contribution in [0.15, 0.2) is 8.68 Å². The highest BCUT2D eigenvalue weighted by Crippen LogP contribution is 2.37. The maximum Gasteiger partial charge on any atom is 0.117 e. The smallest absolute Gasteiger partial charge is 0.114 e. The van der Waals surface area contributed by atoms with Crippen LogP contribution in [0.5, 0.6) is 0 Å². The van der Waals surface area contributed by atoms with Crippen LogP contribution in [-0.2, 0) is 0 Å². The molecule has 0 unspecified atom stereocenters. The molecule has 5 heteroatoms. The van der Waals surface area contributed by atoms with E-state index in [1.54, 1.807) is 20.7 Å². The summed E-state index contributed by atoms with van der Waals surface area (Å²) in [5.74, 6) is 1.11. The molecule has 0 aromatic carbocycles. The minimum Gasteiger partial charge on any atom is -0.114 e. The molecular weight excluding hydrogens is 268 g/mol. The lowest BCUT2D eigenvalue weighted by Crippen LogP contribution is -1.64. The molecule has 0 nitrogen and oxygen atoms in total. The minimum absolute atomic E-state index is 0.973. The first-order valence-corrected chi connectivity index (χ1v) is 7.00. The molecule has 0 amide bonds. The highest BCUT2D eigenvalue weighted by molar-refractivity contribution is 9.10. The lowest BCUT2D eigenvalue weighted by Gasteiger charge is -1.89. The first kappa shape index (κ1) is 9.19. The Morgan fingerprint density at radius 2 is 2.30 bits per heavy atom. The molecule has 0 fully saturated rings. The Hall–Kier alpha value is 1.10. The fraction of sp³-hybridized carbons (Fsp3) is 0.400. The van der Waals surface area contributed by atoms with Crippen molar-refractivity contribution in [1.82, 2.24) is 0 Å². The Morgan fingerprint density at radius 1 is 1.60 bits per heavy atom. The molecule has 56 valence electrons. The van der Waals surface area contributed by atoms with Gasteiger partial charge >= 0.3 is 0 Å². The van der Waals surface area contributed by atoms with Crippen LogP contribution in [0.2, 0.25) is 0 Å². The lowest BCUT2D eigenvalue weighted by atomic mass is 10.8. The van der Waals surface area contributed by atoms with Gasteiger partial charge < -0.3 is 0 Å². The van der Waals surface area contributed by atoms with E-state index in [0.29, 0.717) is 0 Å². The molecule has 10 heavy (non-hydrogen) atoms. The van der Waals surface area contributed by atoms with E-state index in [9.17, 15) is 0 Å². The average Bonchev–Trinajstić information content (AvgIpc) is 2.20. The van der Waals surface area contributed by atoms with Gasteiger partial charge in [-0.3, -0.25) is 0 Å². The van der Waals surface area contributed by atoms with Crippen molar-refractivity contribution in [3.8, 4) is 0 Å². The van der Waals surface area contributed by atoms with Crippen LogP contribution < -0.4 is 0 Å². The zero-order chi connectivity index (χ0) is 7.56. The van der Waals surface area contributed by atoms with E-state index in [4.69, 9.17) is 12.2 Å². The van der Waals surface area contributed by atoms with E-state index < -0.39 is 0 Å². The van der Waals surface area contributed by atoms with Crippen LogP contribution in [0.25, 0.3) is 0 Å². The fourth-order valence-electron chi connectivity index (χ4n) is 0.451. The summed E-state index contributed by atoms with van der Waals surface area (Å²) in [6.45, 7) is 2.14. The van der Waals surface area contributed by atoms with Gasteiger partial charge in [0.2, 0.25) is 0 Å². The Morgan fingerprint density at radius 3 is 2.70 bits per heavy atom. The van der Waals surface area contributed by atoms with E-state index in [2.05, 4.69) is 22.9 Å². The summed E-state index contributed by atoms with van der Waals surface area (Å²) < 4.78 is 3.41. The van der Waals surface area contributed by atoms with E-state index in [0.717, 1.165) is 14.0 Å². The van der Waals surface area contributed by atoms with Gasteiger partial charge in [-0.25, -0.2) is 0 Å². The summed E-state index contributed by atoms with van der Waals surface area (Å²) in [5.41, 5.74) is 0. The van der Waals surface area contributed by atoms with Gasteiger partial charge in [0.05, 0.1) is 8.68 Å². The van der Waals surface area contributed by atoms with Crippen LogP contribution in [0.1, 0.15) is 6.92 Å². The van der Waals surface area contributed by atoms with Crippen molar-refractivity contribution in [2.24, 2.45) is 0 Å². The normalized spacial score (nSPS) is 10.2. The van der Waals surface area contributed by atoms with Crippen LogP contribution >= 0.6 is 60.6 Å². The van der Waals surface area contributed by atoms with Crippen molar-refractivity contribution < 1.29 is 0 Å². The number of hydrogen-bond acceptors (Lipinski definition) is 4. The van der Waals surface area contributed by atoms with Gasteiger partial charge in [-0.2, -0.15) is 0 Å². The molecule has 0 aliphatic heterocycles. The number of rotatable bonds is 2. The molecule has 1 aromatic rings. The molecule has 0 spiro atoms. The van der Waals surface area contributed by atoms with Crippen molar-refractivity contribution in [2.75, 3.05) is 5.75 Å². The summed E-state index contributed by atoms with van der Waals surface area (Å²) >= 11 is 10.3. The third-order valence-electron chi connectivity index (χ3n) is 0.827. The molecule has 0 saturated heterocycles. The fourth-order valence-corrected chi connectivity index (χ4v) is 5.82. The zero-order valence-corrected chi connectivity index (χ0v) is 10.1. The van der Waals surface area contributed by atoms with Crippen molar-refractivity contribution in [1.29, 1.82) is 0 Å². The molecule has 0 N–H and O–H groups in total. The lowest BCUT2D eigenvalue weighted by molar-refractivity contribution is 1.50. The Labute approximate surface area is 85.2 Å². The second kappa shape index (κ2) is 4.21. The zero-order valence-electron chi connectivity index (χ0n) is 5.22. The van der Waals surface area contributed by atoms with Crippen molar-refractivity contribution in [3.63, 3.8) is 0 Å². The summed E-state index contributed by atoms with van der Waals surface area (Å²) in [4.78, 5) is 0. The molecule has 0 radical (unpaired) electrons. The van der Waals surface area contributed by atoms with Crippen LogP contribution in [0, 0.1) is 3.82 Å². The van der Waals surface area contributed by atoms with Crippen molar-refractivity contribution in [3.05, 3.63) is 8.30 Å². The van der Waals surface area contributed by atoms with Gasteiger partial charge in [-0.05, 0) is 21.7 Å². The highest BCUT2D eigenvalue weighted by atomic mass is 79.9. The molecule has 0 atom stereocenters. The van der Waals surface area contributed by atoms with Crippen molar-refractivity contribution in [2.45, 2.75) is 11.1 Å². The molecule has 0 bridgehead atoms. The molecule has 1 rings (SSSR count). The molecule has 0 saturated carbocycles. The van der Waals surface area contributed by atoms with Gasteiger partial charge in [-0.1, -0.05) is 39.8 Å². The van der Waals surface area contributed by atoms with Crippen LogP contribution in [0.3, 0.4) is 0 Å². The SMILES string of the molecule is CCSc1ssc(=S)c1Br. The summed E-state index contributed by atoms with van der Waals surface area (Å²) in [5, 5.41) is 0. The third kappa shape index (κ3) is 2.04. The summed E-state index contributed by atoms with van der Waals surface area (Å²) in [6, 6.07) is 0. The average molecular weight is 273 g/mol. The minimum atomic E-state index is 0.973. The Bertz CT molecular complexity index is 261. The molecule has 1 heterocycles. The van der Waals surface area contributed by atoms with E-state index in [1.807, 2.05) is 11.8 Å². The maximum absolute atomic E-state index is 5.06. The predicted octanol–water partition coefficient (Wildman–Crippen LogP) is 4.41. The predicted molar refractivity (Wildman–Crippen MR) is 57.1 cm³/mol. The molecule has 0 aliphatic carbocycles. The molecule has 0 aliphatic rings. The Kier molecular flexibility index (Phi) is 3.87. The largest absolute Gasteiger partial charge is 0.117 e. The van der Waals surface area contributed by atoms with Gasteiger partial charge in [0.1, 0.15) is 3.82 Å². The maximum atomic E-state index is 5.06. The summed E-state index contributed by atoms with van der Waals surface area (Å²) in [6.07, 6.45) is 0. The van der Waals surface area contributed by atoms with Crippen molar-refractivity contribution >= 4 is 60.6 Å². The number of halogens is 1. The molecular formula is C5H5BrS4. The monoisotopic (exact) mass is 272 g/mol. The topological polar surface area (TPSA) is 0 Å². The quantitative estimate of drug-likeness (QED) is 0.444. The summed E-state index contributed by atoms with van der Waals surface area (Å²) in [7, 11) is 3.41. The van der Waals surface area contributed by atoms with Crippen LogP contribution in [-0.4, -0.2) is 5.75 Å². The van der Waals surface area contributed by atoms with Gasteiger partial charge in [0, 0.05) is 0 Å². The van der Waals surface area contributed by atoms with E-state index in [1.165, 1.54) is 4.21 Å².